The fraction of sp³-hybridized carbons (Fsp3) is 0.167. The first kappa shape index (κ1) is 23.8. The van der Waals surface area contributed by atoms with E-state index in [1.54, 1.807) is 19.2 Å². The lowest BCUT2D eigenvalue weighted by Gasteiger charge is -2.13. The number of aryl methyl sites for hydroxylation is 1. The van der Waals surface area contributed by atoms with Gasteiger partial charge in [-0.15, -0.1) is 5.10 Å². The van der Waals surface area contributed by atoms with Crippen LogP contribution in [0, 0.1) is 6.92 Å². The van der Waals surface area contributed by atoms with Crippen LogP contribution in [-0.4, -0.2) is 46.3 Å². The van der Waals surface area contributed by atoms with Gasteiger partial charge in [-0.1, -0.05) is 23.3 Å². The van der Waals surface area contributed by atoms with Crippen molar-refractivity contribution in [3.8, 4) is 22.1 Å². The quantitative estimate of drug-likeness (QED) is 0.365. The van der Waals surface area contributed by atoms with Crippen molar-refractivity contribution in [3.63, 3.8) is 0 Å². The van der Waals surface area contributed by atoms with Crippen LogP contribution >= 0.6 is 11.3 Å². The van der Waals surface area contributed by atoms with E-state index < -0.39 is 5.97 Å². The van der Waals surface area contributed by atoms with Crippen LogP contribution in [0.2, 0.25) is 0 Å². The fourth-order valence-electron chi connectivity index (χ4n) is 3.20. The SMILES string of the molecule is COC(=O)c1ccc(COc2nnc(NC(=O)c3cnc(C)cc3-c3ccccc3OC)s2)nc1. The van der Waals surface area contributed by atoms with Crippen LogP contribution < -0.4 is 14.8 Å². The molecule has 4 aromatic rings. The van der Waals surface area contributed by atoms with Crippen molar-refractivity contribution in [1.82, 2.24) is 20.2 Å². The van der Waals surface area contributed by atoms with Gasteiger partial charge in [0, 0.05) is 29.2 Å². The van der Waals surface area contributed by atoms with E-state index >= 15 is 0 Å². The number of pyridine rings is 2. The summed E-state index contributed by atoms with van der Waals surface area (Å²) in [5.74, 6) is -0.208. The number of hydrogen-bond donors (Lipinski definition) is 1. The number of benzene rings is 1. The monoisotopic (exact) mass is 491 g/mol. The van der Waals surface area contributed by atoms with Crippen molar-refractivity contribution in [1.29, 1.82) is 0 Å². The molecule has 4 rings (SSSR count). The van der Waals surface area contributed by atoms with E-state index in [0.717, 1.165) is 22.6 Å². The van der Waals surface area contributed by atoms with Gasteiger partial charge in [-0.3, -0.25) is 20.1 Å². The summed E-state index contributed by atoms with van der Waals surface area (Å²) in [5.41, 5.74) is 3.53. The Bertz CT molecular complexity index is 1360. The van der Waals surface area contributed by atoms with Crippen molar-refractivity contribution in [2.75, 3.05) is 19.5 Å². The maximum absolute atomic E-state index is 13.1. The van der Waals surface area contributed by atoms with Gasteiger partial charge < -0.3 is 14.2 Å². The number of rotatable bonds is 8. The molecule has 0 bridgehead atoms. The van der Waals surface area contributed by atoms with Crippen molar-refractivity contribution in [2.24, 2.45) is 0 Å². The zero-order valence-electron chi connectivity index (χ0n) is 19.1. The minimum absolute atomic E-state index is 0.115. The third-order valence-electron chi connectivity index (χ3n) is 4.90. The minimum atomic E-state index is -0.466. The Labute approximate surface area is 204 Å². The Balaban J connectivity index is 1.45. The van der Waals surface area contributed by atoms with E-state index in [-0.39, 0.29) is 22.8 Å². The zero-order chi connectivity index (χ0) is 24.8. The van der Waals surface area contributed by atoms with Gasteiger partial charge in [-0.05, 0) is 42.5 Å². The first-order chi connectivity index (χ1) is 17.0. The molecule has 0 fully saturated rings. The van der Waals surface area contributed by atoms with Crippen LogP contribution in [0.3, 0.4) is 0 Å². The molecule has 0 saturated heterocycles. The minimum Gasteiger partial charge on any atom is -0.496 e. The van der Waals surface area contributed by atoms with Gasteiger partial charge in [0.05, 0.1) is 31.0 Å². The van der Waals surface area contributed by atoms with E-state index in [1.165, 1.54) is 19.5 Å². The molecule has 35 heavy (non-hydrogen) atoms. The number of carbonyl (C=O) groups is 2. The Morgan fingerprint density at radius 1 is 1.00 bits per heavy atom. The van der Waals surface area contributed by atoms with E-state index in [0.29, 0.717) is 28.1 Å². The van der Waals surface area contributed by atoms with Gasteiger partial charge in [0.25, 0.3) is 11.1 Å². The van der Waals surface area contributed by atoms with Crippen molar-refractivity contribution >= 4 is 28.3 Å². The average Bonchev–Trinajstić information content (AvgIpc) is 3.34. The highest BCUT2D eigenvalue weighted by Gasteiger charge is 2.18. The summed E-state index contributed by atoms with van der Waals surface area (Å²) >= 11 is 1.08. The standard InChI is InChI=1S/C24H21N5O5S/c1-14-10-18(17-6-4-5-7-20(17)32-2)19(12-25-14)21(30)27-23-28-29-24(35-23)34-13-16-9-8-15(11-26-16)22(31)33-3/h4-12H,13H2,1-3H3,(H,27,28,30). The number of para-hydroxylation sites is 1. The van der Waals surface area contributed by atoms with Gasteiger partial charge in [0.2, 0.25) is 5.13 Å². The molecule has 11 heteroatoms. The van der Waals surface area contributed by atoms with Gasteiger partial charge in [-0.2, -0.15) is 0 Å². The number of esters is 1. The lowest BCUT2D eigenvalue weighted by Crippen LogP contribution is -2.14. The summed E-state index contributed by atoms with van der Waals surface area (Å²) in [6.07, 6.45) is 2.93. The molecule has 178 valence electrons. The molecule has 0 aliphatic carbocycles. The number of nitrogens with zero attached hydrogens (tertiary/aromatic N) is 4. The van der Waals surface area contributed by atoms with Crippen molar-refractivity contribution < 1.29 is 23.8 Å². The van der Waals surface area contributed by atoms with Gasteiger partial charge in [-0.25, -0.2) is 4.79 Å². The topological polar surface area (TPSA) is 125 Å². The normalized spacial score (nSPS) is 10.5. The van der Waals surface area contributed by atoms with Crippen LogP contribution in [0.4, 0.5) is 5.13 Å². The Morgan fingerprint density at radius 3 is 2.57 bits per heavy atom. The number of ether oxygens (including phenoxy) is 3. The molecule has 3 aromatic heterocycles. The summed E-state index contributed by atoms with van der Waals surface area (Å²) in [7, 11) is 2.89. The van der Waals surface area contributed by atoms with Crippen molar-refractivity contribution in [3.05, 3.63) is 77.4 Å². The van der Waals surface area contributed by atoms with Gasteiger partial charge >= 0.3 is 5.97 Å². The lowest BCUT2D eigenvalue weighted by molar-refractivity contribution is 0.0600. The molecular weight excluding hydrogens is 470 g/mol. The van der Waals surface area contributed by atoms with Crippen LogP contribution in [0.15, 0.2) is 54.9 Å². The summed E-state index contributed by atoms with van der Waals surface area (Å²) < 4.78 is 15.7. The number of nitrogens with one attached hydrogen (secondary N) is 1. The Hall–Kier alpha value is -4.38. The molecule has 0 spiro atoms. The molecule has 0 saturated carbocycles. The first-order valence-electron chi connectivity index (χ1n) is 10.4. The molecule has 1 amide bonds. The van der Waals surface area contributed by atoms with Crippen LogP contribution in [0.5, 0.6) is 10.9 Å². The predicted octanol–water partition coefficient (Wildman–Crippen LogP) is 3.93. The predicted molar refractivity (Wildman–Crippen MR) is 129 cm³/mol. The summed E-state index contributed by atoms with van der Waals surface area (Å²) in [5, 5.41) is 11.2. The number of anilines is 1. The van der Waals surface area contributed by atoms with Crippen molar-refractivity contribution in [2.45, 2.75) is 13.5 Å². The number of amides is 1. The fourth-order valence-corrected chi connectivity index (χ4v) is 3.79. The molecule has 10 nitrogen and oxygen atoms in total. The van der Waals surface area contributed by atoms with E-state index in [1.807, 2.05) is 37.3 Å². The van der Waals surface area contributed by atoms with E-state index in [4.69, 9.17) is 9.47 Å². The molecule has 1 N–H and O–H groups in total. The largest absolute Gasteiger partial charge is 0.496 e. The number of hydrogen-bond acceptors (Lipinski definition) is 10. The average molecular weight is 492 g/mol. The number of methoxy groups -OCH3 is 2. The highest BCUT2D eigenvalue weighted by atomic mass is 32.1. The van der Waals surface area contributed by atoms with Crippen LogP contribution in [0.25, 0.3) is 11.1 Å². The molecule has 0 aliphatic heterocycles. The van der Waals surface area contributed by atoms with Crippen LogP contribution in [-0.2, 0) is 11.3 Å². The molecule has 0 aliphatic rings. The molecule has 0 atom stereocenters. The summed E-state index contributed by atoms with van der Waals surface area (Å²) in [4.78, 5) is 33.0. The molecular formula is C24H21N5O5S. The maximum atomic E-state index is 13.1. The first-order valence-corrected chi connectivity index (χ1v) is 11.2. The van der Waals surface area contributed by atoms with Gasteiger partial charge in [0.15, 0.2) is 0 Å². The smallest absolute Gasteiger partial charge is 0.339 e. The highest BCUT2D eigenvalue weighted by molar-refractivity contribution is 7.17. The molecule has 1 aromatic carbocycles. The Kier molecular flexibility index (Phi) is 7.27. The second-order valence-electron chi connectivity index (χ2n) is 7.22. The second kappa shape index (κ2) is 10.7. The van der Waals surface area contributed by atoms with Gasteiger partial charge in [0.1, 0.15) is 12.4 Å². The Morgan fingerprint density at radius 2 is 1.83 bits per heavy atom. The molecule has 3 heterocycles. The molecule has 0 radical (unpaired) electrons. The van der Waals surface area contributed by atoms with Crippen LogP contribution in [0.1, 0.15) is 32.1 Å². The summed E-state index contributed by atoms with van der Waals surface area (Å²) in [6.45, 7) is 1.97. The maximum Gasteiger partial charge on any atom is 0.339 e. The number of carbonyl (C=O) groups excluding carboxylic acids is 2. The van der Waals surface area contributed by atoms with E-state index in [9.17, 15) is 9.59 Å². The molecule has 0 unspecified atom stereocenters. The third-order valence-corrected chi connectivity index (χ3v) is 5.65. The second-order valence-corrected chi connectivity index (χ2v) is 8.16. The summed E-state index contributed by atoms with van der Waals surface area (Å²) in [6, 6.07) is 12.5. The third kappa shape index (κ3) is 5.58. The number of aromatic nitrogens is 4. The van der Waals surface area contributed by atoms with E-state index in [2.05, 4.69) is 30.2 Å². The zero-order valence-corrected chi connectivity index (χ0v) is 20.0. The highest BCUT2D eigenvalue weighted by Crippen LogP contribution is 2.33. The lowest BCUT2D eigenvalue weighted by atomic mass is 9.99.